The Morgan fingerprint density at radius 1 is 0.962 bits per heavy atom. The number of amides is 2. The van der Waals surface area contributed by atoms with Crippen LogP contribution in [-0.2, 0) is 4.79 Å². The van der Waals surface area contributed by atoms with Crippen molar-refractivity contribution in [1.29, 1.82) is 0 Å². The Hall–Kier alpha value is -2.82. The zero-order valence-corrected chi connectivity index (χ0v) is 15.9. The van der Waals surface area contributed by atoms with Gasteiger partial charge < -0.3 is 16.0 Å². The molecule has 0 spiro atoms. The quantitative estimate of drug-likeness (QED) is 0.709. The van der Waals surface area contributed by atoms with Crippen molar-refractivity contribution in [2.24, 2.45) is 0 Å². The third-order valence-electron chi connectivity index (χ3n) is 4.07. The second kappa shape index (κ2) is 9.04. The highest BCUT2D eigenvalue weighted by Gasteiger charge is 2.08. The summed E-state index contributed by atoms with van der Waals surface area (Å²) in [5.74, 6) is -0.232. The monoisotopic (exact) mass is 353 g/mol. The lowest BCUT2D eigenvalue weighted by molar-refractivity contribution is -0.114. The second-order valence-corrected chi connectivity index (χ2v) is 6.51. The molecule has 2 aromatic rings. The summed E-state index contributed by atoms with van der Waals surface area (Å²) in [6, 6.07) is 11.1. The lowest BCUT2D eigenvalue weighted by atomic mass is 10.1. The van der Waals surface area contributed by atoms with Gasteiger partial charge in [0.05, 0.1) is 6.54 Å². The number of aryl methyl sites for hydroxylation is 3. The van der Waals surface area contributed by atoms with Crippen molar-refractivity contribution < 1.29 is 9.59 Å². The Bertz CT molecular complexity index is 759. The SMILES string of the molecule is CCCNC(=O)c1ccc(NC(=O)CNc2c(C)cc(C)cc2C)cc1. The highest BCUT2D eigenvalue weighted by Crippen LogP contribution is 2.21. The Labute approximate surface area is 155 Å². The molecule has 0 aromatic heterocycles. The maximum absolute atomic E-state index is 12.2. The van der Waals surface area contributed by atoms with E-state index >= 15 is 0 Å². The number of hydrogen-bond donors (Lipinski definition) is 3. The smallest absolute Gasteiger partial charge is 0.251 e. The van der Waals surface area contributed by atoms with E-state index in [1.807, 2.05) is 20.8 Å². The average molecular weight is 353 g/mol. The van der Waals surface area contributed by atoms with Crippen LogP contribution in [0.3, 0.4) is 0 Å². The molecule has 0 saturated carbocycles. The van der Waals surface area contributed by atoms with E-state index in [2.05, 4.69) is 35.0 Å². The number of rotatable bonds is 7. The van der Waals surface area contributed by atoms with E-state index in [0.29, 0.717) is 17.8 Å². The van der Waals surface area contributed by atoms with Crippen molar-refractivity contribution in [1.82, 2.24) is 5.32 Å². The third kappa shape index (κ3) is 5.34. The summed E-state index contributed by atoms with van der Waals surface area (Å²) in [6.07, 6.45) is 0.896. The summed E-state index contributed by atoms with van der Waals surface area (Å²) in [6.45, 7) is 8.96. The summed E-state index contributed by atoms with van der Waals surface area (Å²) < 4.78 is 0. The molecule has 0 bridgehead atoms. The van der Waals surface area contributed by atoms with Gasteiger partial charge >= 0.3 is 0 Å². The normalized spacial score (nSPS) is 10.3. The molecule has 0 heterocycles. The van der Waals surface area contributed by atoms with E-state index < -0.39 is 0 Å². The Morgan fingerprint density at radius 3 is 2.15 bits per heavy atom. The predicted octanol–water partition coefficient (Wildman–Crippen LogP) is 3.80. The molecule has 2 aromatic carbocycles. The van der Waals surface area contributed by atoms with Crippen molar-refractivity contribution in [3.8, 4) is 0 Å². The molecule has 5 nitrogen and oxygen atoms in total. The Morgan fingerprint density at radius 2 is 1.58 bits per heavy atom. The summed E-state index contributed by atoms with van der Waals surface area (Å²) in [4.78, 5) is 24.1. The fraction of sp³-hybridized carbons (Fsp3) is 0.333. The topological polar surface area (TPSA) is 70.2 Å². The number of carbonyl (C=O) groups excluding carboxylic acids is 2. The van der Waals surface area contributed by atoms with E-state index in [9.17, 15) is 9.59 Å². The first-order chi connectivity index (χ1) is 12.4. The van der Waals surface area contributed by atoms with Crippen LogP contribution >= 0.6 is 0 Å². The molecule has 0 saturated heterocycles. The van der Waals surface area contributed by atoms with Gasteiger partial charge in [-0.3, -0.25) is 9.59 Å². The van der Waals surface area contributed by atoms with Gasteiger partial charge in [0.1, 0.15) is 0 Å². The van der Waals surface area contributed by atoms with Crippen molar-refractivity contribution >= 4 is 23.2 Å². The van der Waals surface area contributed by atoms with E-state index in [4.69, 9.17) is 0 Å². The zero-order chi connectivity index (χ0) is 19.1. The first-order valence-corrected chi connectivity index (χ1v) is 8.90. The van der Waals surface area contributed by atoms with Crippen LogP contribution in [0, 0.1) is 20.8 Å². The van der Waals surface area contributed by atoms with E-state index in [1.54, 1.807) is 24.3 Å². The zero-order valence-electron chi connectivity index (χ0n) is 15.9. The molecule has 0 unspecified atom stereocenters. The molecular formula is C21H27N3O2. The molecule has 2 amide bonds. The van der Waals surface area contributed by atoms with Gasteiger partial charge in [0.15, 0.2) is 0 Å². The number of anilines is 2. The number of hydrogen-bond acceptors (Lipinski definition) is 3. The van der Waals surface area contributed by atoms with Crippen LogP contribution in [0.1, 0.15) is 40.4 Å². The fourth-order valence-corrected chi connectivity index (χ4v) is 2.88. The van der Waals surface area contributed by atoms with Gasteiger partial charge in [0.25, 0.3) is 5.91 Å². The Balaban J connectivity index is 1.91. The lowest BCUT2D eigenvalue weighted by Crippen LogP contribution is -2.24. The largest absolute Gasteiger partial charge is 0.376 e. The fourth-order valence-electron chi connectivity index (χ4n) is 2.88. The molecule has 2 rings (SSSR count). The van der Waals surface area contributed by atoms with Crippen LogP contribution in [-0.4, -0.2) is 24.9 Å². The molecule has 0 radical (unpaired) electrons. The average Bonchev–Trinajstić information content (AvgIpc) is 2.59. The molecular weight excluding hydrogens is 326 g/mol. The Kier molecular flexibility index (Phi) is 6.78. The second-order valence-electron chi connectivity index (χ2n) is 6.51. The molecule has 0 atom stereocenters. The summed E-state index contributed by atoms with van der Waals surface area (Å²) >= 11 is 0. The highest BCUT2D eigenvalue weighted by molar-refractivity contribution is 5.96. The van der Waals surface area contributed by atoms with Crippen molar-refractivity contribution in [3.05, 3.63) is 58.7 Å². The number of carbonyl (C=O) groups is 2. The minimum absolute atomic E-state index is 0.100. The standard InChI is InChI=1S/C21H27N3O2/c1-5-10-22-21(26)17-6-8-18(9-7-17)24-19(25)13-23-20-15(3)11-14(2)12-16(20)4/h6-9,11-12,23H,5,10,13H2,1-4H3,(H,22,26)(H,24,25). The van der Waals surface area contributed by atoms with Gasteiger partial charge in [0, 0.05) is 23.5 Å². The number of nitrogens with one attached hydrogen (secondary N) is 3. The first-order valence-electron chi connectivity index (χ1n) is 8.90. The maximum Gasteiger partial charge on any atom is 0.251 e. The van der Waals surface area contributed by atoms with Gasteiger partial charge in [-0.1, -0.05) is 24.6 Å². The number of benzene rings is 2. The van der Waals surface area contributed by atoms with Crippen LogP contribution in [0.25, 0.3) is 0 Å². The molecule has 5 heteroatoms. The predicted molar refractivity (Wildman–Crippen MR) is 107 cm³/mol. The summed E-state index contributed by atoms with van der Waals surface area (Å²) in [7, 11) is 0. The molecule has 3 N–H and O–H groups in total. The van der Waals surface area contributed by atoms with Gasteiger partial charge in [-0.25, -0.2) is 0 Å². The van der Waals surface area contributed by atoms with Crippen LogP contribution in [0.5, 0.6) is 0 Å². The van der Waals surface area contributed by atoms with Crippen LogP contribution in [0.15, 0.2) is 36.4 Å². The highest BCUT2D eigenvalue weighted by atomic mass is 16.2. The first kappa shape index (κ1) is 19.5. The van der Waals surface area contributed by atoms with Crippen LogP contribution < -0.4 is 16.0 Å². The van der Waals surface area contributed by atoms with E-state index in [1.165, 1.54) is 5.56 Å². The minimum Gasteiger partial charge on any atom is -0.376 e. The molecule has 0 aliphatic carbocycles. The molecule has 0 fully saturated rings. The molecule has 0 aliphatic rings. The van der Waals surface area contributed by atoms with E-state index in [0.717, 1.165) is 23.2 Å². The third-order valence-corrected chi connectivity index (χ3v) is 4.07. The summed E-state index contributed by atoms with van der Waals surface area (Å²) in [5, 5.41) is 8.87. The van der Waals surface area contributed by atoms with Gasteiger partial charge in [0.2, 0.25) is 5.91 Å². The van der Waals surface area contributed by atoms with Gasteiger partial charge in [-0.05, 0) is 62.6 Å². The van der Waals surface area contributed by atoms with Gasteiger partial charge in [-0.2, -0.15) is 0 Å². The molecule has 138 valence electrons. The molecule has 0 aliphatic heterocycles. The van der Waals surface area contributed by atoms with Crippen LogP contribution in [0.4, 0.5) is 11.4 Å². The van der Waals surface area contributed by atoms with E-state index in [-0.39, 0.29) is 18.4 Å². The van der Waals surface area contributed by atoms with Crippen LogP contribution in [0.2, 0.25) is 0 Å². The summed E-state index contributed by atoms with van der Waals surface area (Å²) in [5.41, 5.74) is 5.70. The minimum atomic E-state index is -0.132. The molecule has 26 heavy (non-hydrogen) atoms. The van der Waals surface area contributed by atoms with Gasteiger partial charge in [-0.15, -0.1) is 0 Å². The maximum atomic E-state index is 12.2. The van der Waals surface area contributed by atoms with Crippen molar-refractivity contribution in [2.45, 2.75) is 34.1 Å². The van der Waals surface area contributed by atoms with Crippen molar-refractivity contribution in [2.75, 3.05) is 23.7 Å². The van der Waals surface area contributed by atoms with Crippen molar-refractivity contribution in [3.63, 3.8) is 0 Å². The lowest BCUT2D eigenvalue weighted by Gasteiger charge is -2.14.